The van der Waals surface area contributed by atoms with Crippen molar-refractivity contribution in [1.82, 2.24) is 9.55 Å². The lowest BCUT2D eigenvalue weighted by Gasteiger charge is -2.10. The Morgan fingerprint density at radius 3 is 2.94 bits per heavy atom. The van der Waals surface area contributed by atoms with Crippen LogP contribution in [0.5, 0.6) is 5.75 Å². The van der Waals surface area contributed by atoms with E-state index in [-0.39, 0.29) is 12.4 Å². The Balaban J connectivity index is 2.11. The van der Waals surface area contributed by atoms with Crippen LogP contribution in [0.25, 0.3) is 0 Å². The number of benzene rings is 1. The highest BCUT2D eigenvalue weighted by Crippen LogP contribution is 2.20. The molecule has 2 aromatic rings. The summed E-state index contributed by atoms with van der Waals surface area (Å²) < 4.78 is 20.4. The van der Waals surface area contributed by atoms with Gasteiger partial charge in [-0.1, -0.05) is 0 Å². The molecule has 0 fully saturated rings. The van der Waals surface area contributed by atoms with Gasteiger partial charge in [-0.15, -0.1) is 0 Å². The summed E-state index contributed by atoms with van der Waals surface area (Å²) in [5.74, 6) is 1.09. The maximum atomic E-state index is 13.0. The molecule has 0 unspecified atom stereocenters. The molecule has 0 saturated heterocycles. The first-order valence-corrected chi connectivity index (χ1v) is 5.28. The Kier molecular flexibility index (Phi) is 3.39. The molecule has 1 heterocycles. The van der Waals surface area contributed by atoms with Crippen molar-refractivity contribution in [3.8, 4) is 5.75 Å². The molecular formula is C12H14FN3O. The van der Waals surface area contributed by atoms with E-state index in [1.165, 1.54) is 12.1 Å². The van der Waals surface area contributed by atoms with E-state index < -0.39 is 0 Å². The van der Waals surface area contributed by atoms with Crippen molar-refractivity contribution < 1.29 is 9.13 Å². The maximum Gasteiger partial charge on any atom is 0.146 e. The number of halogens is 1. The highest BCUT2D eigenvalue weighted by atomic mass is 19.1. The van der Waals surface area contributed by atoms with E-state index in [1.54, 1.807) is 12.3 Å². The lowest BCUT2D eigenvalue weighted by atomic mass is 10.2. The van der Waals surface area contributed by atoms with Crippen LogP contribution in [0.1, 0.15) is 11.4 Å². The van der Waals surface area contributed by atoms with Gasteiger partial charge in [-0.2, -0.15) is 0 Å². The summed E-state index contributed by atoms with van der Waals surface area (Å²) in [6.07, 6.45) is 3.54. The first-order valence-electron chi connectivity index (χ1n) is 5.28. The molecule has 0 amide bonds. The second kappa shape index (κ2) is 4.97. The molecule has 90 valence electrons. The first-order chi connectivity index (χ1) is 8.20. The molecular weight excluding hydrogens is 221 g/mol. The molecule has 1 aromatic heterocycles. The average Bonchev–Trinajstić information content (AvgIpc) is 2.73. The fourth-order valence-corrected chi connectivity index (χ4v) is 1.53. The molecule has 0 spiro atoms. The minimum atomic E-state index is -0.310. The van der Waals surface area contributed by atoms with Gasteiger partial charge in [0.15, 0.2) is 0 Å². The van der Waals surface area contributed by atoms with Crippen LogP contribution >= 0.6 is 0 Å². The van der Waals surface area contributed by atoms with Crippen LogP contribution in [0.4, 0.5) is 4.39 Å². The van der Waals surface area contributed by atoms with Gasteiger partial charge in [0, 0.05) is 31.5 Å². The number of nitrogens with two attached hydrogens (primary N) is 1. The molecule has 0 aliphatic heterocycles. The summed E-state index contributed by atoms with van der Waals surface area (Å²) in [5.41, 5.74) is 6.18. The van der Waals surface area contributed by atoms with Crippen LogP contribution in [0, 0.1) is 5.82 Å². The zero-order valence-electron chi connectivity index (χ0n) is 9.56. The number of hydrogen-bond donors (Lipinski definition) is 1. The molecule has 5 heteroatoms. The third-order valence-electron chi connectivity index (χ3n) is 2.52. The molecule has 0 aliphatic carbocycles. The Morgan fingerprint density at radius 1 is 1.47 bits per heavy atom. The molecule has 2 N–H and O–H groups in total. The van der Waals surface area contributed by atoms with Crippen molar-refractivity contribution >= 4 is 0 Å². The highest BCUT2D eigenvalue weighted by Gasteiger charge is 2.06. The van der Waals surface area contributed by atoms with Crippen molar-refractivity contribution in [2.24, 2.45) is 12.8 Å². The number of ether oxygens (including phenoxy) is 1. The van der Waals surface area contributed by atoms with E-state index in [9.17, 15) is 4.39 Å². The second-order valence-electron chi connectivity index (χ2n) is 3.70. The Hall–Kier alpha value is -1.88. The third kappa shape index (κ3) is 2.62. The van der Waals surface area contributed by atoms with Crippen LogP contribution < -0.4 is 10.5 Å². The molecule has 0 aliphatic rings. The van der Waals surface area contributed by atoms with Gasteiger partial charge in [-0.05, 0) is 18.2 Å². The summed E-state index contributed by atoms with van der Waals surface area (Å²) in [5, 5.41) is 0. The molecule has 0 bridgehead atoms. The average molecular weight is 235 g/mol. The summed E-state index contributed by atoms with van der Waals surface area (Å²) in [7, 11) is 1.89. The van der Waals surface area contributed by atoms with Gasteiger partial charge < -0.3 is 15.0 Å². The van der Waals surface area contributed by atoms with Crippen molar-refractivity contribution in [3.63, 3.8) is 0 Å². The standard InChI is InChI=1S/C12H14FN3O/c1-16-5-4-15-12(16)8-17-11-3-2-10(13)6-9(11)7-14/h2-6H,7-8,14H2,1H3. The molecule has 0 saturated carbocycles. The zero-order valence-corrected chi connectivity index (χ0v) is 9.56. The van der Waals surface area contributed by atoms with Gasteiger partial charge in [0.2, 0.25) is 0 Å². The number of imidazole rings is 1. The topological polar surface area (TPSA) is 53.1 Å². The van der Waals surface area contributed by atoms with E-state index in [4.69, 9.17) is 10.5 Å². The Labute approximate surface area is 98.8 Å². The van der Waals surface area contributed by atoms with E-state index in [0.717, 1.165) is 5.82 Å². The van der Waals surface area contributed by atoms with Crippen LogP contribution in [0.15, 0.2) is 30.6 Å². The monoisotopic (exact) mass is 235 g/mol. The zero-order chi connectivity index (χ0) is 12.3. The predicted octanol–water partition coefficient (Wildman–Crippen LogP) is 1.60. The fourth-order valence-electron chi connectivity index (χ4n) is 1.53. The van der Waals surface area contributed by atoms with Gasteiger partial charge >= 0.3 is 0 Å². The SMILES string of the molecule is Cn1ccnc1COc1ccc(F)cc1CN. The molecule has 2 rings (SSSR count). The summed E-state index contributed by atoms with van der Waals surface area (Å²) in [6.45, 7) is 0.579. The fraction of sp³-hybridized carbons (Fsp3) is 0.250. The van der Waals surface area contributed by atoms with Crippen molar-refractivity contribution in [1.29, 1.82) is 0 Å². The van der Waals surface area contributed by atoms with Gasteiger partial charge in [-0.3, -0.25) is 0 Å². The van der Waals surface area contributed by atoms with Gasteiger partial charge in [0.05, 0.1) is 0 Å². The second-order valence-corrected chi connectivity index (χ2v) is 3.70. The number of aromatic nitrogens is 2. The minimum Gasteiger partial charge on any atom is -0.485 e. The van der Waals surface area contributed by atoms with Crippen LogP contribution in [0.3, 0.4) is 0 Å². The van der Waals surface area contributed by atoms with Gasteiger partial charge in [0.25, 0.3) is 0 Å². The number of aryl methyl sites for hydroxylation is 1. The predicted molar refractivity (Wildman–Crippen MR) is 61.8 cm³/mol. The summed E-state index contributed by atoms with van der Waals surface area (Å²) in [6, 6.07) is 4.32. The lowest BCUT2D eigenvalue weighted by molar-refractivity contribution is 0.288. The largest absolute Gasteiger partial charge is 0.485 e. The molecule has 1 aromatic carbocycles. The summed E-state index contributed by atoms with van der Waals surface area (Å²) in [4.78, 5) is 4.14. The highest BCUT2D eigenvalue weighted by molar-refractivity contribution is 5.33. The number of hydrogen-bond acceptors (Lipinski definition) is 3. The quantitative estimate of drug-likeness (QED) is 0.875. The van der Waals surface area contributed by atoms with Crippen molar-refractivity contribution in [3.05, 3.63) is 47.8 Å². The first kappa shape index (κ1) is 11.6. The normalized spacial score (nSPS) is 10.5. The molecule has 0 radical (unpaired) electrons. The van der Waals surface area contributed by atoms with E-state index in [2.05, 4.69) is 4.98 Å². The number of nitrogens with zero attached hydrogens (tertiary/aromatic N) is 2. The smallest absolute Gasteiger partial charge is 0.146 e. The lowest BCUT2D eigenvalue weighted by Crippen LogP contribution is -2.06. The van der Waals surface area contributed by atoms with E-state index in [1.807, 2.05) is 17.8 Å². The Bertz CT molecular complexity index is 510. The van der Waals surface area contributed by atoms with E-state index in [0.29, 0.717) is 17.9 Å². The van der Waals surface area contributed by atoms with E-state index >= 15 is 0 Å². The Morgan fingerprint density at radius 2 is 2.29 bits per heavy atom. The van der Waals surface area contributed by atoms with Crippen LogP contribution in [-0.4, -0.2) is 9.55 Å². The third-order valence-corrected chi connectivity index (χ3v) is 2.52. The molecule has 0 atom stereocenters. The maximum absolute atomic E-state index is 13.0. The number of rotatable bonds is 4. The van der Waals surface area contributed by atoms with Crippen molar-refractivity contribution in [2.75, 3.05) is 0 Å². The minimum absolute atomic E-state index is 0.244. The van der Waals surface area contributed by atoms with Crippen LogP contribution in [-0.2, 0) is 20.2 Å². The molecule has 17 heavy (non-hydrogen) atoms. The van der Waals surface area contributed by atoms with Crippen molar-refractivity contribution in [2.45, 2.75) is 13.2 Å². The van der Waals surface area contributed by atoms with Gasteiger partial charge in [0.1, 0.15) is 24.0 Å². The van der Waals surface area contributed by atoms with Gasteiger partial charge in [-0.25, -0.2) is 9.37 Å². The summed E-state index contributed by atoms with van der Waals surface area (Å²) >= 11 is 0. The van der Waals surface area contributed by atoms with Crippen LogP contribution in [0.2, 0.25) is 0 Å². The molecule has 4 nitrogen and oxygen atoms in total.